The van der Waals surface area contributed by atoms with Crippen LogP contribution in [0, 0.1) is 18.6 Å². The first-order valence-corrected chi connectivity index (χ1v) is 9.38. The van der Waals surface area contributed by atoms with Gasteiger partial charge in [-0.05, 0) is 43.0 Å². The molecule has 5 nitrogen and oxygen atoms in total. The molecule has 1 atom stereocenters. The second-order valence-electron chi connectivity index (χ2n) is 6.98. The first-order chi connectivity index (χ1) is 13.0. The van der Waals surface area contributed by atoms with E-state index in [-0.39, 0.29) is 12.6 Å². The molecule has 3 rings (SSSR count). The molecule has 1 unspecified atom stereocenters. The highest BCUT2D eigenvalue weighted by Crippen LogP contribution is 2.21. The Morgan fingerprint density at radius 3 is 2.74 bits per heavy atom. The molecular formula is C20H26F2N4O. The number of hydrogen-bond acceptors (Lipinski definition) is 5. The maximum absolute atomic E-state index is 13.5. The molecule has 7 heteroatoms. The van der Waals surface area contributed by atoms with Gasteiger partial charge in [0.15, 0.2) is 11.6 Å². The van der Waals surface area contributed by atoms with Gasteiger partial charge in [0.1, 0.15) is 0 Å². The predicted molar refractivity (Wildman–Crippen MR) is 101 cm³/mol. The highest BCUT2D eigenvalue weighted by Gasteiger charge is 2.28. The van der Waals surface area contributed by atoms with Crippen LogP contribution in [0.15, 0.2) is 24.4 Å². The molecule has 0 bridgehead atoms. The molecule has 0 aliphatic carbocycles. The van der Waals surface area contributed by atoms with Crippen molar-refractivity contribution in [3.8, 4) is 0 Å². The molecule has 0 amide bonds. The molecule has 146 valence electrons. The Kier molecular flexibility index (Phi) is 6.34. The third-order valence-electron chi connectivity index (χ3n) is 5.12. The lowest BCUT2D eigenvalue weighted by Crippen LogP contribution is -2.53. The number of aliphatic hydroxyl groups is 1. The van der Waals surface area contributed by atoms with Gasteiger partial charge < -0.3 is 10.0 Å². The number of hydrogen-bond donors (Lipinski definition) is 1. The van der Waals surface area contributed by atoms with Crippen LogP contribution in [0.3, 0.4) is 0 Å². The first-order valence-electron chi connectivity index (χ1n) is 9.38. The molecule has 2 aromatic rings. The van der Waals surface area contributed by atoms with Crippen molar-refractivity contribution in [2.24, 2.45) is 0 Å². The molecule has 0 spiro atoms. The first kappa shape index (κ1) is 19.6. The van der Waals surface area contributed by atoms with Crippen molar-refractivity contribution in [3.05, 3.63) is 52.9 Å². The quantitative estimate of drug-likeness (QED) is 0.840. The Balaban J connectivity index is 1.73. The number of anilines is 1. The van der Waals surface area contributed by atoms with Crippen LogP contribution in [-0.2, 0) is 13.0 Å². The van der Waals surface area contributed by atoms with Crippen molar-refractivity contribution in [1.29, 1.82) is 0 Å². The summed E-state index contributed by atoms with van der Waals surface area (Å²) in [5.74, 6) is -0.948. The van der Waals surface area contributed by atoms with Crippen LogP contribution < -0.4 is 4.90 Å². The van der Waals surface area contributed by atoms with Crippen LogP contribution in [-0.4, -0.2) is 52.3 Å². The smallest absolute Gasteiger partial charge is 0.225 e. The van der Waals surface area contributed by atoms with Crippen LogP contribution in [0.5, 0.6) is 0 Å². The maximum atomic E-state index is 13.5. The maximum Gasteiger partial charge on any atom is 0.225 e. The van der Waals surface area contributed by atoms with Crippen LogP contribution in [0.25, 0.3) is 0 Å². The lowest BCUT2D eigenvalue weighted by Gasteiger charge is -2.41. The molecule has 0 radical (unpaired) electrons. The standard InChI is InChI=1S/C20H26F2N4O/c1-3-19-14(2)11-23-20(24-19)26-8-7-25(16(13-26)6-9-27)12-15-4-5-17(21)18(22)10-15/h4-5,10-11,16,27H,3,6-9,12-13H2,1-2H3. The van der Waals surface area contributed by atoms with E-state index in [1.54, 1.807) is 6.07 Å². The van der Waals surface area contributed by atoms with Gasteiger partial charge >= 0.3 is 0 Å². The van der Waals surface area contributed by atoms with Gasteiger partial charge in [-0.15, -0.1) is 0 Å². The summed E-state index contributed by atoms with van der Waals surface area (Å²) in [6.07, 6.45) is 3.32. The third kappa shape index (κ3) is 4.59. The topological polar surface area (TPSA) is 52.5 Å². The minimum absolute atomic E-state index is 0.0712. The predicted octanol–water partition coefficient (Wildman–Crippen LogP) is 2.70. The summed E-state index contributed by atoms with van der Waals surface area (Å²) < 4.78 is 26.7. The summed E-state index contributed by atoms with van der Waals surface area (Å²) in [5.41, 5.74) is 2.86. The summed E-state index contributed by atoms with van der Waals surface area (Å²) in [5, 5.41) is 9.47. The van der Waals surface area contributed by atoms with Gasteiger partial charge in [-0.25, -0.2) is 18.7 Å². The Bertz CT molecular complexity index is 787. The molecule has 0 saturated carbocycles. The minimum Gasteiger partial charge on any atom is -0.396 e. The molecule has 2 heterocycles. The average Bonchev–Trinajstić information content (AvgIpc) is 2.67. The third-order valence-corrected chi connectivity index (χ3v) is 5.12. The lowest BCUT2D eigenvalue weighted by atomic mass is 10.1. The number of aliphatic hydroxyl groups excluding tert-OH is 1. The number of aryl methyl sites for hydroxylation is 2. The van der Waals surface area contributed by atoms with Crippen molar-refractivity contribution in [1.82, 2.24) is 14.9 Å². The Labute approximate surface area is 158 Å². The van der Waals surface area contributed by atoms with E-state index in [9.17, 15) is 13.9 Å². The number of rotatable bonds is 6. The highest BCUT2D eigenvalue weighted by molar-refractivity contribution is 5.34. The number of aromatic nitrogens is 2. The van der Waals surface area contributed by atoms with Crippen LogP contribution in [0.1, 0.15) is 30.2 Å². The molecule has 1 aliphatic rings. The number of piperazine rings is 1. The molecule has 1 aromatic carbocycles. The van der Waals surface area contributed by atoms with Crippen molar-refractivity contribution >= 4 is 5.95 Å². The minimum atomic E-state index is -0.835. The molecule has 1 saturated heterocycles. The Hall–Kier alpha value is -2.12. The van der Waals surface area contributed by atoms with E-state index in [0.717, 1.165) is 42.4 Å². The number of benzene rings is 1. The van der Waals surface area contributed by atoms with E-state index in [0.29, 0.717) is 25.5 Å². The van der Waals surface area contributed by atoms with Gasteiger partial charge in [0.05, 0.1) is 0 Å². The normalized spacial score (nSPS) is 18.1. The fraction of sp³-hybridized carbons (Fsp3) is 0.500. The number of halogens is 2. The average molecular weight is 376 g/mol. The van der Waals surface area contributed by atoms with Crippen molar-refractivity contribution in [2.45, 2.75) is 39.3 Å². The zero-order valence-electron chi connectivity index (χ0n) is 15.8. The van der Waals surface area contributed by atoms with Crippen LogP contribution in [0.2, 0.25) is 0 Å². The molecule has 1 N–H and O–H groups in total. The van der Waals surface area contributed by atoms with E-state index in [2.05, 4.69) is 26.7 Å². The summed E-state index contributed by atoms with van der Waals surface area (Å²) >= 11 is 0. The second-order valence-corrected chi connectivity index (χ2v) is 6.98. The fourth-order valence-electron chi connectivity index (χ4n) is 3.56. The lowest BCUT2D eigenvalue weighted by molar-refractivity contribution is 0.134. The largest absolute Gasteiger partial charge is 0.396 e. The number of nitrogens with zero attached hydrogens (tertiary/aromatic N) is 4. The highest BCUT2D eigenvalue weighted by atomic mass is 19.2. The van der Waals surface area contributed by atoms with Gasteiger partial charge in [-0.3, -0.25) is 4.90 Å². The SMILES string of the molecule is CCc1nc(N2CCN(Cc3ccc(F)c(F)c3)C(CCO)C2)ncc1C. The molecule has 1 aromatic heterocycles. The van der Waals surface area contributed by atoms with E-state index in [1.165, 1.54) is 6.07 Å². The summed E-state index contributed by atoms with van der Waals surface area (Å²) in [6.45, 7) is 6.85. The van der Waals surface area contributed by atoms with Gasteiger partial charge in [0.2, 0.25) is 5.95 Å². The van der Waals surface area contributed by atoms with Crippen LogP contribution in [0.4, 0.5) is 14.7 Å². The summed E-state index contributed by atoms with van der Waals surface area (Å²) in [4.78, 5) is 13.5. The van der Waals surface area contributed by atoms with Gasteiger partial charge in [-0.2, -0.15) is 0 Å². The zero-order valence-corrected chi connectivity index (χ0v) is 15.8. The second kappa shape index (κ2) is 8.71. The fourth-order valence-corrected chi connectivity index (χ4v) is 3.56. The summed E-state index contributed by atoms with van der Waals surface area (Å²) in [6, 6.07) is 4.10. The van der Waals surface area contributed by atoms with Crippen molar-refractivity contribution < 1.29 is 13.9 Å². The monoisotopic (exact) mass is 376 g/mol. The Morgan fingerprint density at radius 2 is 2.04 bits per heavy atom. The Morgan fingerprint density at radius 1 is 1.22 bits per heavy atom. The van der Waals surface area contributed by atoms with E-state index < -0.39 is 11.6 Å². The van der Waals surface area contributed by atoms with Gasteiger partial charge in [-0.1, -0.05) is 13.0 Å². The van der Waals surface area contributed by atoms with Crippen molar-refractivity contribution in [3.63, 3.8) is 0 Å². The molecule has 1 fully saturated rings. The van der Waals surface area contributed by atoms with Gasteiger partial charge in [0.25, 0.3) is 0 Å². The van der Waals surface area contributed by atoms with E-state index >= 15 is 0 Å². The van der Waals surface area contributed by atoms with E-state index in [1.807, 2.05) is 13.1 Å². The zero-order chi connectivity index (χ0) is 19.4. The molecule has 27 heavy (non-hydrogen) atoms. The van der Waals surface area contributed by atoms with Crippen molar-refractivity contribution in [2.75, 3.05) is 31.1 Å². The van der Waals surface area contributed by atoms with Crippen LogP contribution >= 0.6 is 0 Å². The van der Waals surface area contributed by atoms with Gasteiger partial charge in [0, 0.05) is 50.7 Å². The molecular weight excluding hydrogens is 350 g/mol. The molecule has 1 aliphatic heterocycles. The summed E-state index contributed by atoms with van der Waals surface area (Å²) in [7, 11) is 0. The van der Waals surface area contributed by atoms with E-state index in [4.69, 9.17) is 0 Å².